The molecular formula is C41H58ClN5O8S2. The lowest BCUT2D eigenvalue weighted by Gasteiger charge is -2.43. The molecule has 0 unspecified atom stereocenters. The molecule has 13 nitrogen and oxygen atoms in total. The Labute approximate surface area is 344 Å². The van der Waals surface area contributed by atoms with Crippen molar-refractivity contribution in [3.63, 3.8) is 0 Å². The predicted molar refractivity (Wildman–Crippen MR) is 224 cm³/mol. The molecule has 0 radical (unpaired) electrons. The standard InChI is InChI=1S/C41H58ClN5O8S2/c1-6-8-13-37(54-5)35-19-16-32(35)28-46-21-11-10-12-30-26-34(42)18-15-33(30)29-55-38-20-17-31(27-36(38)46)40(48)43-56(50,51)39(14-9-7-2)41(49)45-22-24-47(25-23-45)57(52,53)44(3)4/h7-8,13,15,17-18,20,26-27,32,35,37,39H,2,6,9-12,14,16,19,21-25,28-29H2,1,3-5H3,(H,43,48)/b13-8+/t32-,35+,37-,39-/m0/s1. The molecule has 2 amide bonds. The van der Waals surface area contributed by atoms with E-state index < -0.39 is 37.3 Å². The van der Waals surface area contributed by atoms with E-state index in [1.54, 1.807) is 19.2 Å². The number of carbonyl (C=O) groups excluding carboxylic acids is 2. The maximum absolute atomic E-state index is 13.9. The molecule has 1 N–H and O–H groups in total. The Balaban J connectivity index is 1.41. The van der Waals surface area contributed by atoms with E-state index in [4.69, 9.17) is 21.1 Å². The molecule has 2 aromatic rings. The maximum atomic E-state index is 13.9. The van der Waals surface area contributed by atoms with Crippen LogP contribution in [0.25, 0.3) is 0 Å². The van der Waals surface area contributed by atoms with Crippen molar-refractivity contribution in [1.82, 2.24) is 18.2 Å². The van der Waals surface area contributed by atoms with Crippen LogP contribution in [0, 0.1) is 11.8 Å². The van der Waals surface area contributed by atoms with Gasteiger partial charge in [0.1, 0.15) is 12.4 Å². The Bertz CT molecular complexity index is 1990. The molecule has 4 atom stereocenters. The summed E-state index contributed by atoms with van der Waals surface area (Å²) in [7, 11) is -3.64. The molecule has 314 valence electrons. The first-order valence-electron chi connectivity index (χ1n) is 19.8. The summed E-state index contributed by atoms with van der Waals surface area (Å²) in [5, 5.41) is -0.917. The smallest absolute Gasteiger partial charge is 0.281 e. The highest BCUT2D eigenvalue weighted by molar-refractivity contribution is 7.91. The summed E-state index contributed by atoms with van der Waals surface area (Å²) < 4.78 is 70.1. The second-order valence-electron chi connectivity index (χ2n) is 15.2. The molecule has 57 heavy (non-hydrogen) atoms. The number of aryl methyl sites for hydroxylation is 1. The number of nitrogens with one attached hydrogen (secondary N) is 1. The van der Waals surface area contributed by atoms with Crippen molar-refractivity contribution in [2.75, 3.05) is 65.4 Å². The van der Waals surface area contributed by atoms with E-state index in [-0.39, 0.29) is 57.3 Å². The van der Waals surface area contributed by atoms with Crippen LogP contribution in [0.4, 0.5) is 5.69 Å². The zero-order chi connectivity index (χ0) is 41.3. The molecule has 2 aromatic carbocycles. The minimum atomic E-state index is -4.54. The Morgan fingerprint density at radius 3 is 2.44 bits per heavy atom. The first kappa shape index (κ1) is 44.6. The van der Waals surface area contributed by atoms with Gasteiger partial charge in [-0.25, -0.2) is 13.1 Å². The molecule has 0 bridgehead atoms. The normalized spacial score (nSPS) is 20.7. The lowest BCUT2D eigenvalue weighted by Crippen LogP contribution is -2.56. The van der Waals surface area contributed by atoms with Crippen molar-refractivity contribution in [3.05, 3.63) is 82.9 Å². The van der Waals surface area contributed by atoms with Crippen molar-refractivity contribution in [2.45, 2.75) is 76.3 Å². The van der Waals surface area contributed by atoms with E-state index >= 15 is 0 Å². The highest BCUT2D eigenvalue weighted by Crippen LogP contribution is 2.41. The van der Waals surface area contributed by atoms with Crippen molar-refractivity contribution in [2.24, 2.45) is 11.8 Å². The van der Waals surface area contributed by atoms with E-state index in [9.17, 15) is 26.4 Å². The molecule has 1 saturated heterocycles. The van der Waals surface area contributed by atoms with Crippen LogP contribution in [-0.4, -0.2) is 114 Å². The fourth-order valence-corrected chi connectivity index (χ4v) is 10.5. The van der Waals surface area contributed by atoms with E-state index in [0.717, 1.165) is 54.0 Å². The molecule has 2 aliphatic heterocycles. The monoisotopic (exact) mass is 847 g/mol. The Kier molecular flexibility index (Phi) is 15.7. The van der Waals surface area contributed by atoms with Gasteiger partial charge in [-0.15, -0.1) is 6.58 Å². The molecule has 0 aromatic heterocycles. The lowest BCUT2D eigenvalue weighted by atomic mass is 9.70. The number of methoxy groups -OCH3 is 1. The number of halogens is 1. The van der Waals surface area contributed by atoms with Gasteiger partial charge < -0.3 is 19.3 Å². The van der Waals surface area contributed by atoms with E-state index in [1.807, 2.05) is 18.2 Å². The molecule has 5 rings (SSSR count). The summed E-state index contributed by atoms with van der Waals surface area (Å²) in [5.74, 6) is -0.341. The molecule has 1 saturated carbocycles. The highest BCUT2D eigenvalue weighted by atomic mass is 35.5. The second-order valence-corrected chi connectivity index (χ2v) is 19.6. The van der Waals surface area contributed by atoms with Crippen molar-refractivity contribution >= 4 is 49.3 Å². The van der Waals surface area contributed by atoms with Crippen LogP contribution in [0.5, 0.6) is 5.75 Å². The largest absolute Gasteiger partial charge is 0.487 e. The number of benzene rings is 2. The third kappa shape index (κ3) is 11.0. The first-order chi connectivity index (χ1) is 27.2. The molecule has 0 spiro atoms. The molecule has 2 heterocycles. The van der Waals surface area contributed by atoms with Crippen molar-refractivity contribution in [3.8, 4) is 5.75 Å². The lowest BCUT2D eigenvalue weighted by molar-refractivity contribution is -0.132. The number of sulfonamides is 1. The van der Waals surface area contributed by atoms with Gasteiger partial charge in [-0.05, 0) is 105 Å². The Morgan fingerprint density at radius 1 is 1.04 bits per heavy atom. The van der Waals surface area contributed by atoms with Gasteiger partial charge in [-0.3, -0.25) is 9.59 Å². The van der Waals surface area contributed by atoms with Crippen LogP contribution in [0.2, 0.25) is 5.02 Å². The molecule has 2 fully saturated rings. The molecule has 1 aliphatic carbocycles. The van der Waals surface area contributed by atoms with Crippen molar-refractivity contribution < 1.29 is 35.9 Å². The Hall–Kier alpha value is -3.47. The van der Waals surface area contributed by atoms with E-state index in [1.165, 1.54) is 35.4 Å². The average molecular weight is 849 g/mol. The number of hydrogen-bond acceptors (Lipinski definition) is 9. The van der Waals surface area contributed by atoms with Gasteiger partial charge in [-0.1, -0.05) is 42.8 Å². The van der Waals surface area contributed by atoms with Crippen LogP contribution >= 0.6 is 11.6 Å². The number of piperazine rings is 1. The number of anilines is 1. The van der Waals surface area contributed by atoms with Crippen LogP contribution in [0.15, 0.2) is 61.2 Å². The number of hydrogen-bond donors (Lipinski definition) is 1. The van der Waals surface area contributed by atoms with Crippen LogP contribution in [-0.2, 0) is 42.8 Å². The Morgan fingerprint density at radius 2 is 1.79 bits per heavy atom. The van der Waals surface area contributed by atoms with Crippen LogP contribution in [0.1, 0.15) is 73.4 Å². The summed E-state index contributed by atoms with van der Waals surface area (Å²) in [6, 6.07) is 10.7. The SMILES string of the molecule is C=CCC[C@@H](C(=O)N1CCN(S(=O)(=O)N(C)C)CC1)S(=O)(=O)NC(=O)c1ccc2c(c1)N(C[C@@H]1CC[C@H]1[C@H](/C=C/CC)OC)CCCCc1cc(Cl)ccc1CO2. The predicted octanol–water partition coefficient (Wildman–Crippen LogP) is 5.41. The third-order valence-electron chi connectivity index (χ3n) is 11.3. The number of amides is 2. The highest BCUT2D eigenvalue weighted by Gasteiger charge is 2.40. The number of fused-ring (bicyclic) bond motifs is 2. The summed E-state index contributed by atoms with van der Waals surface area (Å²) >= 11 is 6.37. The second kappa shape index (κ2) is 20.0. The van der Waals surface area contributed by atoms with Gasteiger partial charge in [-0.2, -0.15) is 17.0 Å². The van der Waals surface area contributed by atoms with Gasteiger partial charge >= 0.3 is 0 Å². The zero-order valence-electron chi connectivity index (χ0n) is 33.6. The third-order valence-corrected chi connectivity index (χ3v) is 15.1. The fourth-order valence-electron chi connectivity index (χ4n) is 7.80. The molecule has 16 heteroatoms. The van der Waals surface area contributed by atoms with E-state index in [0.29, 0.717) is 41.4 Å². The average Bonchev–Trinajstić information content (AvgIpc) is 3.20. The van der Waals surface area contributed by atoms with Gasteiger partial charge in [0.2, 0.25) is 15.9 Å². The number of carbonyl (C=O) groups is 2. The fraction of sp³-hybridized carbons (Fsp3) is 0.561. The number of rotatable bonds is 15. The number of nitrogens with zero attached hydrogens (tertiary/aromatic N) is 4. The topological polar surface area (TPSA) is 146 Å². The molecular weight excluding hydrogens is 790 g/mol. The van der Waals surface area contributed by atoms with Gasteiger partial charge in [0.05, 0.1) is 11.8 Å². The maximum Gasteiger partial charge on any atom is 0.281 e. The quantitative estimate of drug-likeness (QED) is 0.233. The summed E-state index contributed by atoms with van der Waals surface area (Å²) in [6.45, 7) is 7.52. The minimum Gasteiger partial charge on any atom is -0.487 e. The van der Waals surface area contributed by atoms with Crippen LogP contribution in [0.3, 0.4) is 0 Å². The van der Waals surface area contributed by atoms with Gasteiger partial charge in [0.25, 0.3) is 16.1 Å². The minimum absolute atomic E-state index is 0.00313. The van der Waals surface area contributed by atoms with Gasteiger partial charge in [0.15, 0.2) is 5.25 Å². The first-order valence-corrected chi connectivity index (χ1v) is 23.1. The number of allylic oxidation sites excluding steroid dienone is 2. The van der Waals surface area contributed by atoms with Crippen molar-refractivity contribution in [1.29, 1.82) is 0 Å². The number of ether oxygens (including phenoxy) is 2. The zero-order valence-corrected chi connectivity index (χ0v) is 36.0. The van der Waals surface area contributed by atoms with Crippen LogP contribution < -0.4 is 14.4 Å². The summed E-state index contributed by atoms with van der Waals surface area (Å²) in [4.78, 5) is 31.3. The summed E-state index contributed by atoms with van der Waals surface area (Å²) in [6.07, 6.45) is 11.5. The van der Waals surface area contributed by atoms with Gasteiger partial charge in [0, 0.05) is 71.1 Å². The van der Waals surface area contributed by atoms with E-state index in [2.05, 4.69) is 35.3 Å². The summed E-state index contributed by atoms with van der Waals surface area (Å²) in [5.41, 5.74) is 2.94. The molecule has 3 aliphatic rings.